The van der Waals surface area contributed by atoms with Gasteiger partial charge in [0.2, 0.25) is 0 Å². The monoisotopic (exact) mass is 403 g/mol. The molecule has 3 rings (SSSR count). The number of fused-ring (bicyclic) bond motifs is 1. The summed E-state index contributed by atoms with van der Waals surface area (Å²) in [7, 11) is 0. The Labute approximate surface area is 163 Å². The number of pyridine rings is 1. The molecule has 0 fully saturated rings. The Bertz CT molecular complexity index is 1140. The Kier molecular flexibility index (Phi) is 5.25. The first-order chi connectivity index (χ1) is 13.2. The van der Waals surface area contributed by atoms with Crippen molar-refractivity contribution >= 4 is 34.5 Å². The molecule has 0 saturated heterocycles. The summed E-state index contributed by atoms with van der Waals surface area (Å²) in [6.45, 7) is 1.33. The van der Waals surface area contributed by atoms with Gasteiger partial charge in [0, 0.05) is 23.3 Å². The molecule has 0 aliphatic heterocycles. The number of ketones is 1. The van der Waals surface area contributed by atoms with Gasteiger partial charge >= 0.3 is 6.18 Å². The molecule has 0 bridgehead atoms. The first-order valence-corrected chi connectivity index (χ1v) is 8.51. The SMILES string of the molecule is CC(=O)/C(C#N)=C/c1cn(Cc2cccc(C(F)(F)F)c2Cl)c2ncccc12. The fraction of sp³-hybridized carbons (Fsp3) is 0.150. The van der Waals surface area contributed by atoms with Crippen LogP contribution in [0.15, 0.2) is 48.3 Å². The molecule has 0 spiro atoms. The van der Waals surface area contributed by atoms with E-state index in [2.05, 4.69) is 4.98 Å². The third-order valence-electron chi connectivity index (χ3n) is 4.19. The minimum atomic E-state index is -4.55. The molecule has 0 N–H and O–H groups in total. The molecular formula is C20H13ClF3N3O. The summed E-state index contributed by atoms with van der Waals surface area (Å²) in [5.74, 6) is -0.381. The number of benzene rings is 1. The van der Waals surface area contributed by atoms with Crippen LogP contribution < -0.4 is 0 Å². The predicted octanol–water partition coefficient (Wildman–Crippen LogP) is 5.25. The summed E-state index contributed by atoms with van der Waals surface area (Å²) in [5, 5.41) is 9.43. The van der Waals surface area contributed by atoms with Gasteiger partial charge in [0.15, 0.2) is 5.78 Å². The average molecular weight is 404 g/mol. The number of carbonyl (C=O) groups is 1. The maximum atomic E-state index is 13.1. The van der Waals surface area contributed by atoms with Crippen molar-refractivity contribution in [2.75, 3.05) is 0 Å². The van der Waals surface area contributed by atoms with E-state index < -0.39 is 11.7 Å². The summed E-state index contributed by atoms with van der Waals surface area (Å²) in [5.41, 5.74) is 0.419. The van der Waals surface area contributed by atoms with E-state index in [1.54, 1.807) is 29.1 Å². The van der Waals surface area contributed by atoms with Gasteiger partial charge in [-0.25, -0.2) is 4.98 Å². The molecule has 0 aliphatic rings. The number of nitrogens with zero attached hydrogens (tertiary/aromatic N) is 3. The second-order valence-corrected chi connectivity index (χ2v) is 6.47. The molecule has 142 valence electrons. The van der Waals surface area contributed by atoms with Gasteiger partial charge in [0.05, 0.1) is 22.7 Å². The van der Waals surface area contributed by atoms with E-state index in [0.29, 0.717) is 16.6 Å². The maximum Gasteiger partial charge on any atom is 0.417 e. The molecule has 8 heteroatoms. The molecule has 0 radical (unpaired) electrons. The number of hydrogen-bond donors (Lipinski definition) is 0. The number of hydrogen-bond acceptors (Lipinski definition) is 3. The molecule has 2 aromatic heterocycles. The van der Waals surface area contributed by atoms with E-state index in [1.807, 2.05) is 6.07 Å². The number of aromatic nitrogens is 2. The number of nitriles is 1. The topological polar surface area (TPSA) is 58.7 Å². The van der Waals surface area contributed by atoms with Crippen LogP contribution in [0.3, 0.4) is 0 Å². The van der Waals surface area contributed by atoms with Crippen molar-refractivity contribution in [3.8, 4) is 6.07 Å². The molecular weight excluding hydrogens is 391 g/mol. The molecule has 4 nitrogen and oxygen atoms in total. The quantitative estimate of drug-likeness (QED) is 0.441. The van der Waals surface area contributed by atoms with Crippen molar-refractivity contribution in [1.29, 1.82) is 5.26 Å². The Hall–Kier alpha value is -3.11. The lowest BCUT2D eigenvalue weighted by Gasteiger charge is -2.13. The molecule has 0 aliphatic carbocycles. The van der Waals surface area contributed by atoms with Gasteiger partial charge in [-0.3, -0.25) is 4.79 Å². The summed E-state index contributed by atoms with van der Waals surface area (Å²) < 4.78 is 41.0. The third-order valence-corrected chi connectivity index (χ3v) is 4.64. The predicted molar refractivity (Wildman–Crippen MR) is 99.6 cm³/mol. The van der Waals surface area contributed by atoms with E-state index in [9.17, 15) is 18.0 Å². The van der Waals surface area contributed by atoms with E-state index >= 15 is 0 Å². The normalized spacial score (nSPS) is 12.2. The van der Waals surface area contributed by atoms with Crippen LogP contribution >= 0.6 is 11.6 Å². The minimum absolute atomic E-state index is 0.0278. The summed E-state index contributed by atoms with van der Waals surface area (Å²) >= 11 is 6.00. The molecule has 2 heterocycles. The first-order valence-electron chi connectivity index (χ1n) is 8.13. The van der Waals surface area contributed by atoms with E-state index in [1.165, 1.54) is 25.1 Å². The smallest absolute Gasteiger partial charge is 0.327 e. The van der Waals surface area contributed by atoms with Crippen molar-refractivity contribution < 1.29 is 18.0 Å². The summed E-state index contributed by atoms with van der Waals surface area (Å²) in [6.07, 6.45) is 0.0720. The highest BCUT2D eigenvalue weighted by atomic mass is 35.5. The fourth-order valence-electron chi connectivity index (χ4n) is 2.86. The van der Waals surface area contributed by atoms with Crippen molar-refractivity contribution in [3.63, 3.8) is 0 Å². The van der Waals surface area contributed by atoms with E-state index in [0.717, 1.165) is 6.07 Å². The Morgan fingerprint density at radius 3 is 2.71 bits per heavy atom. The molecule has 3 aromatic rings. The van der Waals surface area contributed by atoms with Gasteiger partial charge in [0.1, 0.15) is 11.7 Å². The maximum absolute atomic E-state index is 13.1. The highest BCUT2D eigenvalue weighted by molar-refractivity contribution is 6.32. The van der Waals surface area contributed by atoms with Crippen LogP contribution in [0.25, 0.3) is 17.1 Å². The van der Waals surface area contributed by atoms with Gasteiger partial charge in [-0.05, 0) is 36.8 Å². The van der Waals surface area contributed by atoms with Crippen LogP contribution in [0.5, 0.6) is 0 Å². The summed E-state index contributed by atoms with van der Waals surface area (Å²) in [6, 6.07) is 9.04. The van der Waals surface area contributed by atoms with Gasteiger partial charge in [-0.15, -0.1) is 0 Å². The zero-order valence-electron chi connectivity index (χ0n) is 14.6. The van der Waals surface area contributed by atoms with E-state index in [-0.39, 0.29) is 28.5 Å². The molecule has 0 saturated carbocycles. The van der Waals surface area contributed by atoms with Crippen LogP contribution in [-0.4, -0.2) is 15.3 Å². The Morgan fingerprint density at radius 1 is 1.32 bits per heavy atom. The lowest BCUT2D eigenvalue weighted by molar-refractivity contribution is -0.137. The average Bonchev–Trinajstić information content (AvgIpc) is 2.98. The van der Waals surface area contributed by atoms with Crippen LogP contribution in [-0.2, 0) is 17.5 Å². The highest BCUT2D eigenvalue weighted by Crippen LogP contribution is 2.36. The standard InChI is InChI=1S/C20H13ClF3N3O/c1-12(28)14(9-25)8-15-11-27(19-16(15)5-3-7-26-19)10-13-4-2-6-17(18(13)21)20(22,23)24/h2-8,11H,10H2,1H3/b14-8+. The van der Waals surface area contributed by atoms with Crippen LogP contribution in [0.2, 0.25) is 5.02 Å². The molecule has 0 amide bonds. The highest BCUT2D eigenvalue weighted by Gasteiger charge is 2.33. The lowest BCUT2D eigenvalue weighted by Crippen LogP contribution is -2.08. The van der Waals surface area contributed by atoms with Gasteiger partial charge in [-0.1, -0.05) is 23.7 Å². The first kappa shape index (κ1) is 19.6. The Morgan fingerprint density at radius 2 is 2.07 bits per heavy atom. The number of halogens is 4. The Balaban J connectivity index is 2.12. The summed E-state index contributed by atoms with van der Waals surface area (Å²) in [4.78, 5) is 15.8. The molecule has 0 atom stereocenters. The van der Waals surface area contributed by atoms with Crippen LogP contribution in [0, 0.1) is 11.3 Å². The lowest BCUT2D eigenvalue weighted by atomic mass is 10.1. The zero-order valence-corrected chi connectivity index (χ0v) is 15.3. The molecule has 1 aromatic carbocycles. The van der Waals surface area contributed by atoms with Crippen LogP contribution in [0.4, 0.5) is 13.2 Å². The van der Waals surface area contributed by atoms with Crippen molar-refractivity contribution in [2.24, 2.45) is 0 Å². The molecule has 28 heavy (non-hydrogen) atoms. The van der Waals surface area contributed by atoms with Gasteiger partial charge in [-0.2, -0.15) is 18.4 Å². The second kappa shape index (κ2) is 7.49. The van der Waals surface area contributed by atoms with E-state index in [4.69, 9.17) is 16.9 Å². The number of alkyl halides is 3. The van der Waals surface area contributed by atoms with Crippen molar-refractivity contribution in [3.05, 3.63) is 70.0 Å². The third kappa shape index (κ3) is 3.78. The number of rotatable bonds is 4. The number of Topliss-reactive ketones (excluding diaryl/α,β-unsaturated/α-hetero) is 1. The van der Waals surface area contributed by atoms with Crippen molar-refractivity contribution in [1.82, 2.24) is 9.55 Å². The van der Waals surface area contributed by atoms with Gasteiger partial charge < -0.3 is 4.57 Å². The second-order valence-electron chi connectivity index (χ2n) is 6.09. The minimum Gasteiger partial charge on any atom is -0.327 e. The molecule has 0 unspecified atom stereocenters. The largest absolute Gasteiger partial charge is 0.417 e. The van der Waals surface area contributed by atoms with Crippen molar-refractivity contribution in [2.45, 2.75) is 19.6 Å². The number of carbonyl (C=O) groups excluding carboxylic acids is 1. The van der Waals surface area contributed by atoms with Crippen LogP contribution in [0.1, 0.15) is 23.6 Å². The fourth-order valence-corrected chi connectivity index (χ4v) is 3.15. The zero-order chi connectivity index (χ0) is 20.5. The number of allylic oxidation sites excluding steroid dienone is 1. The van der Waals surface area contributed by atoms with Gasteiger partial charge in [0.25, 0.3) is 0 Å².